The predicted molar refractivity (Wildman–Crippen MR) is 43.0 cm³/mol. The van der Waals surface area contributed by atoms with Crippen molar-refractivity contribution in [1.82, 2.24) is 0 Å². The van der Waals surface area contributed by atoms with Crippen molar-refractivity contribution >= 4 is 5.71 Å². The van der Waals surface area contributed by atoms with Crippen LogP contribution in [0.4, 0.5) is 4.39 Å². The molecular weight excluding hydrogens is 129 g/mol. The molecule has 0 heterocycles. The van der Waals surface area contributed by atoms with Gasteiger partial charge in [-0.25, -0.2) is 4.39 Å². The fraction of sp³-hybridized carbons (Fsp3) is 0.375. The summed E-state index contributed by atoms with van der Waals surface area (Å²) in [4.78, 5) is 3.77. The van der Waals surface area contributed by atoms with Gasteiger partial charge >= 0.3 is 0 Å². The number of hydrogen-bond donors (Lipinski definition) is 0. The summed E-state index contributed by atoms with van der Waals surface area (Å²) in [6.07, 6.45) is 1.36. The molecule has 0 saturated carbocycles. The van der Waals surface area contributed by atoms with Gasteiger partial charge in [-0.3, -0.25) is 4.99 Å². The fourth-order valence-corrected chi connectivity index (χ4v) is 0.371. The SMILES string of the molecule is C=C(C)/C(F)=C\C(C)=N\C. The first kappa shape index (κ1) is 9.08. The van der Waals surface area contributed by atoms with Gasteiger partial charge in [-0.15, -0.1) is 0 Å². The average molecular weight is 141 g/mol. The summed E-state index contributed by atoms with van der Waals surface area (Å²) in [7, 11) is 1.62. The van der Waals surface area contributed by atoms with Gasteiger partial charge in [-0.05, 0) is 25.5 Å². The Morgan fingerprint density at radius 2 is 2.00 bits per heavy atom. The highest BCUT2D eigenvalue weighted by molar-refractivity contribution is 5.93. The lowest BCUT2D eigenvalue weighted by Gasteiger charge is -1.92. The third-order valence-corrected chi connectivity index (χ3v) is 1.10. The summed E-state index contributed by atoms with van der Waals surface area (Å²) in [6.45, 7) is 6.80. The predicted octanol–water partition coefficient (Wildman–Crippen LogP) is 2.51. The van der Waals surface area contributed by atoms with E-state index in [1.54, 1.807) is 20.9 Å². The van der Waals surface area contributed by atoms with E-state index in [4.69, 9.17) is 0 Å². The van der Waals surface area contributed by atoms with Crippen molar-refractivity contribution in [1.29, 1.82) is 0 Å². The minimum Gasteiger partial charge on any atom is -0.293 e. The summed E-state index contributed by atoms with van der Waals surface area (Å²) < 4.78 is 12.6. The third kappa shape index (κ3) is 3.17. The zero-order chi connectivity index (χ0) is 8.15. The molecule has 0 aromatic rings. The Kier molecular flexibility index (Phi) is 3.62. The van der Waals surface area contributed by atoms with Crippen LogP contribution < -0.4 is 0 Å². The van der Waals surface area contributed by atoms with E-state index in [0.717, 1.165) is 0 Å². The van der Waals surface area contributed by atoms with E-state index in [1.165, 1.54) is 6.08 Å². The van der Waals surface area contributed by atoms with Crippen LogP contribution in [0.5, 0.6) is 0 Å². The molecule has 0 N–H and O–H groups in total. The van der Waals surface area contributed by atoms with Crippen molar-refractivity contribution in [3.05, 3.63) is 24.1 Å². The molecule has 0 atom stereocenters. The molecule has 0 rings (SSSR count). The Hall–Kier alpha value is -0.920. The van der Waals surface area contributed by atoms with Crippen LogP contribution >= 0.6 is 0 Å². The zero-order valence-electron chi connectivity index (χ0n) is 6.61. The Morgan fingerprint density at radius 3 is 2.30 bits per heavy atom. The van der Waals surface area contributed by atoms with Crippen LogP contribution in [-0.4, -0.2) is 12.8 Å². The van der Waals surface area contributed by atoms with Crippen LogP contribution in [0.3, 0.4) is 0 Å². The molecule has 0 saturated heterocycles. The topological polar surface area (TPSA) is 12.4 Å². The maximum Gasteiger partial charge on any atom is 0.127 e. The number of allylic oxidation sites excluding steroid dienone is 3. The molecule has 2 heteroatoms. The van der Waals surface area contributed by atoms with Gasteiger partial charge in [0.25, 0.3) is 0 Å². The number of nitrogens with zero attached hydrogens (tertiary/aromatic N) is 1. The molecule has 0 bridgehead atoms. The summed E-state index contributed by atoms with van der Waals surface area (Å²) >= 11 is 0. The van der Waals surface area contributed by atoms with Gasteiger partial charge in [-0.1, -0.05) is 6.58 Å². The average Bonchev–Trinajstić information content (AvgIpc) is 1.87. The lowest BCUT2D eigenvalue weighted by Crippen LogP contribution is -1.86. The summed E-state index contributed by atoms with van der Waals surface area (Å²) in [5.74, 6) is -0.303. The normalized spacial score (nSPS) is 13.6. The zero-order valence-corrected chi connectivity index (χ0v) is 6.61. The Labute approximate surface area is 61.0 Å². The summed E-state index contributed by atoms with van der Waals surface area (Å²) in [6, 6.07) is 0. The largest absolute Gasteiger partial charge is 0.293 e. The molecule has 1 nitrogen and oxygen atoms in total. The first-order valence-corrected chi connectivity index (χ1v) is 3.04. The van der Waals surface area contributed by atoms with Crippen molar-refractivity contribution in [2.75, 3.05) is 7.05 Å². The van der Waals surface area contributed by atoms with Crippen molar-refractivity contribution in [3.63, 3.8) is 0 Å². The van der Waals surface area contributed by atoms with Gasteiger partial charge in [0.05, 0.1) is 0 Å². The highest BCUT2D eigenvalue weighted by Crippen LogP contribution is 2.07. The van der Waals surface area contributed by atoms with Crippen molar-refractivity contribution < 1.29 is 4.39 Å². The molecule has 0 amide bonds. The van der Waals surface area contributed by atoms with Gasteiger partial charge < -0.3 is 0 Å². The van der Waals surface area contributed by atoms with Gasteiger partial charge in [0.15, 0.2) is 0 Å². The second kappa shape index (κ2) is 3.99. The van der Waals surface area contributed by atoms with Gasteiger partial charge in [0.1, 0.15) is 5.83 Å². The Bertz CT molecular complexity index is 189. The maximum atomic E-state index is 12.6. The Morgan fingerprint density at radius 1 is 1.50 bits per heavy atom. The quantitative estimate of drug-likeness (QED) is 0.414. The fourth-order valence-electron chi connectivity index (χ4n) is 0.371. The van der Waals surface area contributed by atoms with Crippen LogP contribution in [0.2, 0.25) is 0 Å². The highest BCUT2D eigenvalue weighted by Gasteiger charge is 1.93. The standard InChI is InChI=1S/C8H12FN/c1-6(2)8(9)5-7(3)10-4/h5H,1H2,2-4H3/b8-5+,10-7+. The summed E-state index contributed by atoms with van der Waals surface area (Å²) in [5, 5.41) is 0. The van der Waals surface area contributed by atoms with Crippen LogP contribution in [-0.2, 0) is 0 Å². The third-order valence-electron chi connectivity index (χ3n) is 1.10. The number of aliphatic imine (C=N–C) groups is 1. The lowest BCUT2D eigenvalue weighted by molar-refractivity contribution is 0.654. The molecule has 56 valence electrons. The minimum atomic E-state index is -0.303. The van der Waals surface area contributed by atoms with E-state index in [-0.39, 0.29) is 5.83 Å². The van der Waals surface area contributed by atoms with Gasteiger partial charge in [0, 0.05) is 12.8 Å². The van der Waals surface area contributed by atoms with Gasteiger partial charge in [-0.2, -0.15) is 0 Å². The van der Waals surface area contributed by atoms with E-state index in [2.05, 4.69) is 11.6 Å². The molecule has 0 aliphatic carbocycles. The van der Waals surface area contributed by atoms with Crippen LogP contribution in [0.1, 0.15) is 13.8 Å². The molecule has 0 aliphatic heterocycles. The molecule has 0 aromatic carbocycles. The monoisotopic (exact) mass is 141 g/mol. The highest BCUT2D eigenvalue weighted by atomic mass is 19.1. The lowest BCUT2D eigenvalue weighted by atomic mass is 10.2. The molecule has 0 radical (unpaired) electrons. The van der Waals surface area contributed by atoms with E-state index in [1.807, 2.05) is 0 Å². The molecule has 10 heavy (non-hydrogen) atoms. The molecule has 0 aromatic heterocycles. The van der Waals surface area contributed by atoms with Crippen molar-refractivity contribution in [2.45, 2.75) is 13.8 Å². The minimum absolute atomic E-state index is 0.303. The number of hydrogen-bond acceptors (Lipinski definition) is 1. The van der Waals surface area contributed by atoms with Gasteiger partial charge in [0.2, 0.25) is 0 Å². The van der Waals surface area contributed by atoms with E-state index in [9.17, 15) is 4.39 Å². The molecule has 0 unspecified atom stereocenters. The molecule has 0 spiro atoms. The number of rotatable bonds is 2. The first-order chi connectivity index (χ1) is 4.57. The van der Waals surface area contributed by atoms with Crippen molar-refractivity contribution in [2.24, 2.45) is 4.99 Å². The molecular formula is C8H12FN. The second-order valence-electron chi connectivity index (χ2n) is 2.14. The van der Waals surface area contributed by atoms with E-state index < -0.39 is 0 Å². The Balaban J connectivity index is 4.31. The van der Waals surface area contributed by atoms with Crippen molar-refractivity contribution in [3.8, 4) is 0 Å². The maximum absolute atomic E-state index is 12.6. The molecule has 0 aliphatic rings. The smallest absolute Gasteiger partial charge is 0.127 e. The number of halogens is 1. The first-order valence-electron chi connectivity index (χ1n) is 3.04. The van der Waals surface area contributed by atoms with Crippen LogP contribution in [0.25, 0.3) is 0 Å². The van der Waals surface area contributed by atoms with Crippen LogP contribution in [0.15, 0.2) is 29.0 Å². The van der Waals surface area contributed by atoms with E-state index in [0.29, 0.717) is 11.3 Å². The summed E-state index contributed by atoms with van der Waals surface area (Å²) in [5.41, 5.74) is 1.10. The van der Waals surface area contributed by atoms with E-state index >= 15 is 0 Å². The van der Waals surface area contributed by atoms with Crippen LogP contribution in [0, 0.1) is 0 Å². The second-order valence-corrected chi connectivity index (χ2v) is 2.14. The molecule has 0 fully saturated rings.